The number of halogens is 3. The Kier molecular flexibility index (Phi) is 3.73. The zero-order valence-electron chi connectivity index (χ0n) is 11.8. The summed E-state index contributed by atoms with van der Waals surface area (Å²) in [5.74, 6) is 0.330. The molecular formula is C14H17F3N2O2S. The van der Waals surface area contributed by atoms with E-state index in [1.54, 1.807) is 0 Å². The second-order valence-electron chi connectivity index (χ2n) is 6.01. The van der Waals surface area contributed by atoms with E-state index in [0.29, 0.717) is 19.2 Å². The summed E-state index contributed by atoms with van der Waals surface area (Å²) in [6.07, 6.45) is -2.80. The van der Waals surface area contributed by atoms with Gasteiger partial charge in [-0.25, -0.2) is 8.42 Å². The highest BCUT2D eigenvalue weighted by molar-refractivity contribution is 7.89. The monoisotopic (exact) mass is 334 g/mol. The number of alkyl halides is 3. The Morgan fingerprint density at radius 3 is 2.55 bits per heavy atom. The van der Waals surface area contributed by atoms with Crippen LogP contribution in [0.5, 0.6) is 0 Å². The summed E-state index contributed by atoms with van der Waals surface area (Å²) in [7, 11) is -3.91. The third kappa shape index (κ3) is 2.63. The predicted molar refractivity (Wildman–Crippen MR) is 74.4 cm³/mol. The van der Waals surface area contributed by atoms with Crippen molar-refractivity contribution in [1.29, 1.82) is 0 Å². The van der Waals surface area contributed by atoms with Gasteiger partial charge >= 0.3 is 6.18 Å². The minimum Gasteiger partial charge on any atom is -0.327 e. The topological polar surface area (TPSA) is 63.4 Å². The van der Waals surface area contributed by atoms with E-state index in [2.05, 4.69) is 0 Å². The van der Waals surface area contributed by atoms with Gasteiger partial charge in [0.25, 0.3) is 0 Å². The van der Waals surface area contributed by atoms with Crippen LogP contribution in [0.2, 0.25) is 0 Å². The van der Waals surface area contributed by atoms with Gasteiger partial charge in [-0.15, -0.1) is 0 Å². The van der Waals surface area contributed by atoms with Gasteiger partial charge in [0.1, 0.15) is 0 Å². The summed E-state index contributed by atoms with van der Waals surface area (Å²) in [6.45, 7) is 0.640. The molecule has 0 radical (unpaired) electrons. The first-order chi connectivity index (χ1) is 10.2. The lowest BCUT2D eigenvalue weighted by atomic mass is 9.98. The van der Waals surface area contributed by atoms with Gasteiger partial charge < -0.3 is 5.73 Å². The lowest BCUT2D eigenvalue weighted by Crippen LogP contribution is -2.33. The van der Waals surface area contributed by atoms with Crippen molar-refractivity contribution in [1.82, 2.24) is 4.31 Å². The van der Waals surface area contributed by atoms with Crippen LogP contribution >= 0.6 is 0 Å². The number of sulfonamides is 1. The molecule has 0 bridgehead atoms. The normalized spacial score (nSPS) is 29.7. The lowest BCUT2D eigenvalue weighted by molar-refractivity contribution is -0.137. The average Bonchev–Trinajstić information content (AvgIpc) is 3.01. The summed E-state index contributed by atoms with van der Waals surface area (Å²) in [4.78, 5) is -0.309. The van der Waals surface area contributed by atoms with E-state index in [0.717, 1.165) is 25.0 Å². The minimum atomic E-state index is -4.56. The molecule has 2 N–H and O–H groups in total. The van der Waals surface area contributed by atoms with Crippen molar-refractivity contribution in [2.75, 3.05) is 13.1 Å². The van der Waals surface area contributed by atoms with Gasteiger partial charge in [-0.3, -0.25) is 0 Å². The molecule has 8 heteroatoms. The van der Waals surface area contributed by atoms with Crippen molar-refractivity contribution < 1.29 is 21.6 Å². The molecule has 0 unspecified atom stereocenters. The SMILES string of the molecule is N[C@H]1CC[C@H]2CN(S(=O)(=O)c3cccc(C(F)(F)F)c3)C[C@@H]21. The second-order valence-corrected chi connectivity index (χ2v) is 7.95. The van der Waals surface area contributed by atoms with Crippen LogP contribution in [0.15, 0.2) is 29.2 Å². The molecule has 2 aliphatic rings. The molecule has 22 heavy (non-hydrogen) atoms. The first kappa shape index (κ1) is 15.8. The van der Waals surface area contributed by atoms with Crippen LogP contribution in [0.25, 0.3) is 0 Å². The Balaban J connectivity index is 1.88. The number of benzene rings is 1. The van der Waals surface area contributed by atoms with Crippen LogP contribution in [0.4, 0.5) is 13.2 Å². The molecule has 1 saturated carbocycles. The third-order valence-corrected chi connectivity index (χ3v) is 6.51. The van der Waals surface area contributed by atoms with Gasteiger partial charge in [-0.05, 0) is 42.9 Å². The Morgan fingerprint density at radius 1 is 1.18 bits per heavy atom. The van der Waals surface area contributed by atoms with E-state index in [-0.39, 0.29) is 22.8 Å². The summed E-state index contributed by atoms with van der Waals surface area (Å²) in [6, 6.07) is 3.88. The maximum absolute atomic E-state index is 12.7. The predicted octanol–water partition coefficient (Wildman–Crippen LogP) is 2.06. The van der Waals surface area contributed by atoms with Crippen LogP contribution < -0.4 is 5.73 Å². The highest BCUT2D eigenvalue weighted by atomic mass is 32.2. The van der Waals surface area contributed by atoms with Crippen molar-refractivity contribution in [3.8, 4) is 0 Å². The van der Waals surface area contributed by atoms with Crippen molar-refractivity contribution in [2.45, 2.75) is 30.0 Å². The molecule has 2 fully saturated rings. The largest absolute Gasteiger partial charge is 0.416 e. The first-order valence-electron chi connectivity index (χ1n) is 7.12. The summed E-state index contributed by atoms with van der Waals surface area (Å²) in [5, 5.41) is 0. The van der Waals surface area contributed by atoms with Gasteiger partial charge in [-0.1, -0.05) is 6.07 Å². The standard InChI is InChI=1S/C14H17F3N2O2S/c15-14(16,17)10-2-1-3-11(6-10)22(20,21)19-7-9-4-5-13(18)12(9)8-19/h1-3,6,9,12-13H,4-5,7-8,18H2/t9-,12-,13-/m0/s1. The Labute approximate surface area is 127 Å². The number of hydrogen-bond donors (Lipinski definition) is 1. The Morgan fingerprint density at radius 2 is 1.91 bits per heavy atom. The summed E-state index contributed by atoms with van der Waals surface area (Å²) in [5.41, 5.74) is 5.02. The van der Waals surface area contributed by atoms with Crippen LogP contribution in [0, 0.1) is 11.8 Å². The van der Waals surface area contributed by atoms with Crippen molar-refractivity contribution in [2.24, 2.45) is 17.6 Å². The van der Waals surface area contributed by atoms with Crippen LogP contribution in [-0.4, -0.2) is 31.9 Å². The maximum Gasteiger partial charge on any atom is 0.416 e. The minimum absolute atomic E-state index is 0.0216. The zero-order valence-corrected chi connectivity index (χ0v) is 12.6. The van der Waals surface area contributed by atoms with E-state index in [9.17, 15) is 21.6 Å². The van der Waals surface area contributed by atoms with E-state index in [1.807, 2.05) is 0 Å². The molecule has 0 aromatic heterocycles. The quantitative estimate of drug-likeness (QED) is 0.900. The molecule has 1 aliphatic carbocycles. The van der Waals surface area contributed by atoms with Crippen molar-refractivity contribution in [3.63, 3.8) is 0 Å². The van der Waals surface area contributed by atoms with Crippen molar-refractivity contribution >= 4 is 10.0 Å². The smallest absolute Gasteiger partial charge is 0.327 e. The number of rotatable bonds is 2. The van der Waals surface area contributed by atoms with Crippen LogP contribution in [0.3, 0.4) is 0 Å². The van der Waals surface area contributed by atoms with Crippen molar-refractivity contribution in [3.05, 3.63) is 29.8 Å². The molecule has 4 nitrogen and oxygen atoms in total. The molecule has 3 rings (SSSR count). The Hall–Kier alpha value is -1.12. The van der Waals surface area contributed by atoms with Gasteiger partial charge in [0, 0.05) is 19.1 Å². The number of nitrogens with zero attached hydrogens (tertiary/aromatic N) is 1. The van der Waals surface area contributed by atoms with Gasteiger partial charge in [-0.2, -0.15) is 17.5 Å². The van der Waals surface area contributed by atoms with Gasteiger partial charge in [0.05, 0.1) is 10.5 Å². The number of hydrogen-bond acceptors (Lipinski definition) is 3. The molecule has 1 aromatic carbocycles. The summed E-state index contributed by atoms with van der Waals surface area (Å²) >= 11 is 0. The summed E-state index contributed by atoms with van der Waals surface area (Å²) < 4.78 is 64.7. The molecule has 1 saturated heterocycles. The highest BCUT2D eigenvalue weighted by Gasteiger charge is 2.45. The molecular weight excluding hydrogens is 317 g/mol. The fourth-order valence-electron chi connectivity index (χ4n) is 3.44. The maximum atomic E-state index is 12.7. The molecule has 122 valence electrons. The second kappa shape index (κ2) is 5.21. The highest BCUT2D eigenvalue weighted by Crippen LogP contribution is 2.39. The third-order valence-electron chi connectivity index (χ3n) is 4.68. The molecule has 1 aliphatic heterocycles. The van der Waals surface area contributed by atoms with Gasteiger partial charge in [0.15, 0.2) is 0 Å². The molecule has 0 spiro atoms. The van der Waals surface area contributed by atoms with Crippen LogP contribution in [0.1, 0.15) is 18.4 Å². The Bertz CT molecular complexity index is 675. The first-order valence-corrected chi connectivity index (χ1v) is 8.56. The fourth-order valence-corrected chi connectivity index (χ4v) is 5.03. The van der Waals surface area contributed by atoms with E-state index in [1.165, 1.54) is 10.4 Å². The van der Waals surface area contributed by atoms with Gasteiger partial charge in [0.2, 0.25) is 10.0 Å². The van der Waals surface area contributed by atoms with E-state index in [4.69, 9.17) is 5.73 Å². The number of fused-ring (bicyclic) bond motifs is 1. The lowest BCUT2D eigenvalue weighted by Gasteiger charge is -2.19. The molecule has 3 atom stereocenters. The zero-order chi connectivity index (χ0) is 16.1. The molecule has 1 heterocycles. The molecule has 0 amide bonds. The van der Waals surface area contributed by atoms with E-state index < -0.39 is 21.8 Å². The molecule has 1 aromatic rings. The van der Waals surface area contributed by atoms with Crippen LogP contribution in [-0.2, 0) is 16.2 Å². The average molecular weight is 334 g/mol. The fraction of sp³-hybridized carbons (Fsp3) is 0.571. The van der Waals surface area contributed by atoms with E-state index >= 15 is 0 Å². The number of nitrogens with two attached hydrogens (primary N) is 1.